The molecule has 0 spiro atoms. The summed E-state index contributed by atoms with van der Waals surface area (Å²) < 4.78 is 30.8. The van der Waals surface area contributed by atoms with Crippen LogP contribution in [0, 0.1) is 0 Å². The Morgan fingerprint density at radius 2 is 0.709 bits per heavy atom. The molecule has 0 aliphatic carbocycles. The molecule has 86 heavy (non-hydrogen) atoms. The van der Waals surface area contributed by atoms with Gasteiger partial charge in [0.05, 0.1) is 33.8 Å². The summed E-state index contributed by atoms with van der Waals surface area (Å²) in [4.78, 5) is 37.9. The van der Waals surface area contributed by atoms with E-state index in [0.717, 1.165) is 116 Å². The number of unbranched alkanes of at least 4 members (excludes halogenated alkanes) is 32. The van der Waals surface area contributed by atoms with Crippen LogP contribution in [0.4, 0.5) is 0 Å². The van der Waals surface area contributed by atoms with Crippen LogP contribution in [-0.4, -0.2) is 74.3 Å². The Kier molecular flexibility index (Phi) is 62.1. The van der Waals surface area contributed by atoms with Gasteiger partial charge in [-0.15, -0.1) is 0 Å². The first kappa shape index (κ1) is 82.7. The Bertz CT molecular complexity index is 1840. The molecule has 0 saturated carbocycles. The fourth-order valence-corrected chi connectivity index (χ4v) is 10.6. The van der Waals surface area contributed by atoms with Gasteiger partial charge < -0.3 is 19.4 Å². The first-order valence-electron chi connectivity index (χ1n) is 35.7. The third-order valence-electron chi connectivity index (χ3n) is 15.4. The third kappa shape index (κ3) is 65.1. The summed E-state index contributed by atoms with van der Waals surface area (Å²) in [6.45, 7) is 6.95. The molecule has 0 fully saturated rings. The lowest BCUT2D eigenvalue weighted by Crippen LogP contribution is -2.47. The summed E-state index contributed by atoms with van der Waals surface area (Å²) in [5, 5.41) is 3.06. The molecule has 0 saturated heterocycles. The van der Waals surface area contributed by atoms with Crippen molar-refractivity contribution in [3.63, 3.8) is 0 Å². The number of ether oxygens (including phenoxy) is 1. The molecule has 0 aromatic carbocycles. The molecule has 0 aromatic heterocycles. The predicted octanol–water partition coefficient (Wildman–Crippen LogP) is 22.8. The van der Waals surface area contributed by atoms with Crippen molar-refractivity contribution in [3.05, 3.63) is 109 Å². The number of likely N-dealkylation sites (N-methyl/N-ethyl adjacent to an activating group) is 1. The number of hydrogen-bond donors (Lipinski definition) is 2. The fraction of sp³-hybridized carbons (Fsp3) is 0.737. The zero-order valence-electron chi connectivity index (χ0n) is 56.8. The van der Waals surface area contributed by atoms with Crippen LogP contribution >= 0.6 is 7.82 Å². The molecule has 1 amide bonds. The number of amides is 1. The van der Waals surface area contributed by atoms with E-state index < -0.39 is 20.0 Å². The molecule has 9 nitrogen and oxygen atoms in total. The van der Waals surface area contributed by atoms with Crippen molar-refractivity contribution in [3.8, 4) is 0 Å². The van der Waals surface area contributed by atoms with Crippen LogP contribution in [-0.2, 0) is 27.9 Å². The Labute approximate surface area is 531 Å². The lowest BCUT2D eigenvalue weighted by molar-refractivity contribution is -0.870. The number of phosphoric ester groups is 1. The van der Waals surface area contributed by atoms with Crippen LogP contribution in [0.25, 0.3) is 0 Å². The van der Waals surface area contributed by atoms with Crippen molar-refractivity contribution < 1.29 is 37.3 Å². The number of esters is 1. The number of nitrogens with zero attached hydrogens (tertiary/aromatic N) is 1. The first-order valence-corrected chi connectivity index (χ1v) is 37.2. The molecule has 0 aliphatic rings. The Morgan fingerprint density at radius 3 is 1.08 bits per heavy atom. The van der Waals surface area contributed by atoms with E-state index in [1.807, 2.05) is 33.3 Å². The van der Waals surface area contributed by atoms with Crippen LogP contribution in [0.1, 0.15) is 310 Å². The van der Waals surface area contributed by atoms with E-state index in [9.17, 15) is 19.0 Å². The zero-order chi connectivity index (χ0) is 62.8. The van der Waals surface area contributed by atoms with Gasteiger partial charge in [-0.1, -0.05) is 285 Å². The molecule has 2 N–H and O–H groups in total. The molecule has 10 heteroatoms. The van der Waals surface area contributed by atoms with E-state index in [1.165, 1.54) is 154 Å². The number of allylic oxidation sites excluding steroid dienone is 17. The summed E-state index contributed by atoms with van der Waals surface area (Å²) in [5.41, 5.74) is 0. The SMILES string of the molecule is CCCCC/C=C\C/C=C\C/C=C\C/C=C\CCCCCCCCCCCCCC(=O)NC(COP(=O)(O)OCC[N+](C)(C)C)C(/C=C\CCCCCCCCCCCC)OC(=O)CCCCCCC/C=C\C/C=C\C/C=C\C/C=C\CCCCC. The summed E-state index contributed by atoms with van der Waals surface area (Å²) in [7, 11) is 1.47. The lowest BCUT2D eigenvalue weighted by Gasteiger charge is -2.27. The van der Waals surface area contributed by atoms with E-state index in [2.05, 4.69) is 123 Å². The molecule has 0 bridgehead atoms. The number of phosphoric acid groups is 1. The van der Waals surface area contributed by atoms with Crippen molar-refractivity contribution in [2.24, 2.45) is 0 Å². The number of hydrogen-bond acceptors (Lipinski definition) is 6. The monoisotopic (exact) mass is 1220 g/mol. The first-order chi connectivity index (χ1) is 41.9. The van der Waals surface area contributed by atoms with Gasteiger partial charge in [0.25, 0.3) is 0 Å². The molecule has 3 atom stereocenters. The second-order valence-electron chi connectivity index (χ2n) is 25.0. The molecule has 3 unspecified atom stereocenters. The Hall–Kier alpha value is -3.33. The van der Waals surface area contributed by atoms with Crippen LogP contribution < -0.4 is 5.32 Å². The highest BCUT2D eigenvalue weighted by molar-refractivity contribution is 7.47. The highest BCUT2D eigenvalue weighted by atomic mass is 31.2. The molecule has 0 radical (unpaired) electrons. The molecule has 0 rings (SSSR count). The molecular formula is C76H136N2O7P+. The molecule has 0 heterocycles. The highest BCUT2D eigenvalue weighted by Crippen LogP contribution is 2.43. The van der Waals surface area contributed by atoms with Gasteiger partial charge in [0, 0.05) is 12.8 Å². The average molecular weight is 1220 g/mol. The number of rotatable bonds is 64. The Balaban J connectivity index is 5.11. The largest absolute Gasteiger partial charge is 0.472 e. The number of nitrogens with one attached hydrogen (secondary N) is 1. The minimum absolute atomic E-state index is 0.0316. The zero-order valence-corrected chi connectivity index (χ0v) is 57.7. The topological polar surface area (TPSA) is 111 Å². The Morgan fingerprint density at radius 1 is 0.407 bits per heavy atom. The minimum Gasteiger partial charge on any atom is -0.456 e. The smallest absolute Gasteiger partial charge is 0.456 e. The highest BCUT2D eigenvalue weighted by Gasteiger charge is 2.30. The van der Waals surface area contributed by atoms with Crippen molar-refractivity contribution >= 4 is 19.7 Å². The lowest BCUT2D eigenvalue weighted by atomic mass is 10.0. The maximum absolute atomic E-state index is 13.6. The maximum Gasteiger partial charge on any atom is 0.472 e. The van der Waals surface area contributed by atoms with Crippen molar-refractivity contribution in [2.45, 2.75) is 322 Å². The minimum atomic E-state index is -4.47. The average Bonchev–Trinajstić information content (AvgIpc) is 3.67. The normalized spacial score (nSPS) is 14.2. The van der Waals surface area contributed by atoms with Crippen LogP contribution in [0.2, 0.25) is 0 Å². The summed E-state index contributed by atoms with van der Waals surface area (Å²) in [6.07, 6.45) is 89.5. The van der Waals surface area contributed by atoms with E-state index in [1.54, 1.807) is 0 Å². The van der Waals surface area contributed by atoms with Gasteiger partial charge in [-0.25, -0.2) is 4.57 Å². The van der Waals surface area contributed by atoms with E-state index in [-0.39, 0.29) is 31.5 Å². The number of carbonyl (C=O) groups excluding carboxylic acids is 2. The third-order valence-corrected chi connectivity index (χ3v) is 16.4. The van der Waals surface area contributed by atoms with Gasteiger partial charge in [0.1, 0.15) is 19.3 Å². The molecule has 0 aromatic rings. The maximum atomic E-state index is 13.6. The fourth-order valence-electron chi connectivity index (χ4n) is 9.91. The van der Waals surface area contributed by atoms with E-state index >= 15 is 0 Å². The van der Waals surface area contributed by atoms with Crippen molar-refractivity contribution in [1.82, 2.24) is 5.32 Å². The van der Waals surface area contributed by atoms with Crippen molar-refractivity contribution in [2.75, 3.05) is 40.9 Å². The molecular weight excluding hydrogens is 1080 g/mol. The van der Waals surface area contributed by atoms with E-state index in [0.29, 0.717) is 23.9 Å². The van der Waals surface area contributed by atoms with Gasteiger partial charge >= 0.3 is 13.8 Å². The summed E-state index contributed by atoms with van der Waals surface area (Å²) in [5.74, 6) is -0.529. The quantitative estimate of drug-likeness (QED) is 0.0205. The van der Waals surface area contributed by atoms with Crippen LogP contribution in [0.5, 0.6) is 0 Å². The van der Waals surface area contributed by atoms with Gasteiger partial charge in [-0.2, -0.15) is 0 Å². The second-order valence-corrected chi connectivity index (χ2v) is 26.5. The predicted molar refractivity (Wildman–Crippen MR) is 373 cm³/mol. The van der Waals surface area contributed by atoms with Gasteiger partial charge in [0.2, 0.25) is 5.91 Å². The van der Waals surface area contributed by atoms with Crippen LogP contribution in [0.15, 0.2) is 109 Å². The second kappa shape index (κ2) is 64.6. The standard InChI is InChI=1S/C76H135N2O7P/c1-7-10-13-16-19-22-25-28-30-32-34-36-37-38-39-40-41-43-44-46-48-50-53-56-59-62-65-68-75(79)77-73(72-84-86(81,82)83-71-70-78(4,5)6)74(67-64-61-58-55-52-27-24-21-18-15-12-9-3)85-76(80)69-66-63-60-57-54-51-49-47-45-42-35-33-31-29-26-23-20-17-14-11-8-2/h19-20,22-23,28-31,34-36,38-39,42,47,49,64,67,73-74H,7-18,21,24-27,32-33,37,40-41,43-46,48,50-63,65-66,68-72H2,1-6H3,(H-,77,79,81,82)/p+1/b22-19-,23-20-,30-28-,31-29-,36-34-,39-38-,42-35-,49-47-,67-64-. The summed E-state index contributed by atoms with van der Waals surface area (Å²) in [6, 6.07) is -0.866. The van der Waals surface area contributed by atoms with Gasteiger partial charge in [0.15, 0.2) is 0 Å². The van der Waals surface area contributed by atoms with Crippen LogP contribution in [0.3, 0.4) is 0 Å². The summed E-state index contributed by atoms with van der Waals surface area (Å²) >= 11 is 0. The number of carbonyl (C=O) groups is 2. The van der Waals surface area contributed by atoms with Gasteiger partial charge in [-0.05, 0) is 122 Å². The molecule has 496 valence electrons. The molecule has 0 aliphatic heterocycles. The van der Waals surface area contributed by atoms with E-state index in [4.69, 9.17) is 13.8 Å². The van der Waals surface area contributed by atoms with Gasteiger partial charge in [-0.3, -0.25) is 18.6 Å². The van der Waals surface area contributed by atoms with Crippen molar-refractivity contribution in [1.29, 1.82) is 0 Å². The number of quaternary nitrogens is 1.